The Kier molecular flexibility index (Phi) is 6.87. The zero-order chi connectivity index (χ0) is 15.1. The number of hydrogen-bond acceptors (Lipinski definition) is 3. The summed E-state index contributed by atoms with van der Waals surface area (Å²) in [6.07, 6.45) is 2.28. The molecule has 1 rings (SSSR count). The zero-order valence-electron chi connectivity index (χ0n) is 11.3. The van der Waals surface area contributed by atoms with Crippen LogP contribution in [0.4, 0.5) is 10.5 Å². The second kappa shape index (κ2) is 8.16. The molecule has 0 spiro atoms. The topological polar surface area (TPSA) is 78.4 Å². The van der Waals surface area contributed by atoms with Crippen LogP contribution in [0.1, 0.15) is 12.0 Å². The SMILES string of the molecule is CSCC[C@@H](NC(=O)Nc1cccc(C)c1Br)C(=O)O. The number of aryl methyl sites for hydroxylation is 1. The van der Waals surface area contributed by atoms with Crippen LogP contribution < -0.4 is 10.6 Å². The fourth-order valence-corrected chi connectivity index (χ4v) is 2.39. The first-order valence-corrected chi connectivity index (χ1v) is 8.18. The summed E-state index contributed by atoms with van der Waals surface area (Å²) in [5.41, 5.74) is 1.59. The molecule has 0 saturated carbocycles. The van der Waals surface area contributed by atoms with Gasteiger partial charge in [-0.1, -0.05) is 12.1 Å². The van der Waals surface area contributed by atoms with Gasteiger partial charge in [-0.3, -0.25) is 0 Å². The van der Waals surface area contributed by atoms with Crippen molar-refractivity contribution in [1.82, 2.24) is 5.32 Å². The number of aliphatic carboxylic acids is 1. The first kappa shape index (κ1) is 16.8. The predicted molar refractivity (Wildman–Crippen MR) is 85.5 cm³/mol. The number of amides is 2. The highest BCUT2D eigenvalue weighted by Crippen LogP contribution is 2.25. The number of benzene rings is 1. The van der Waals surface area contributed by atoms with E-state index in [1.807, 2.05) is 25.3 Å². The number of nitrogens with one attached hydrogen (secondary N) is 2. The number of thioether (sulfide) groups is 1. The molecule has 3 N–H and O–H groups in total. The van der Waals surface area contributed by atoms with Gasteiger partial charge in [0.15, 0.2) is 0 Å². The molecule has 1 atom stereocenters. The maximum Gasteiger partial charge on any atom is 0.326 e. The molecule has 0 saturated heterocycles. The summed E-state index contributed by atoms with van der Waals surface area (Å²) in [6, 6.07) is 4.06. The van der Waals surface area contributed by atoms with E-state index >= 15 is 0 Å². The predicted octanol–water partition coefficient (Wildman–Crippen LogP) is 3.09. The molecule has 2 amide bonds. The number of rotatable bonds is 6. The van der Waals surface area contributed by atoms with Crippen molar-refractivity contribution in [2.45, 2.75) is 19.4 Å². The lowest BCUT2D eigenvalue weighted by atomic mass is 10.2. The summed E-state index contributed by atoms with van der Waals surface area (Å²) in [4.78, 5) is 22.9. The van der Waals surface area contributed by atoms with Crippen molar-refractivity contribution in [3.05, 3.63) is 28.2 Å². The Bertz CT molecular complexity index is 497. The number of carboxylic acids is 1. The van der Waals surface area contributed by atoms with E-state index in [-0.39, 0.29) is 0 Å². The van der Waals surface area contributed by atoms with Crippen LogP contribution in [0.5, 0.6) is 0 Å². The average Bonchev–Trinajstić information content (AvgIpc) is 2.39. The molecule has 20 heavy (non-hydrogen) atoms. The molecule has 0 aliphatic heterocycles. The smallest absolute Gasteiger partial charge is 0.326 e. The highest BCUT2D eigenvalue weighted by atomic mass is 79.9. The third-order valence-corrected chi connectivity index (χ3v) is 4.35. The van der Waals surface area contributed by atoms with Crippen LogP contribution in [0.3, 0.4) is 0 Å². The highest BCUT2D eigenvalue weighted by Gasteiger charge is 2.19. The number of halogens is 1. The van der Waals surface area contributed by atoms with Gasteiger partial charge in [-0.05, 0) is 52.9 Å². The standard InChI is InChI=1S/C13H17BrN2O3S/c1-8-4-3-5-9(11(8)14)15-13(19)16-10(12(17)18)6-7-20-2/h3-5,10H,6-7H2,1-2H3,(H,17,18)(H2,15,16,19)/t10-/m1/s1. The molecular weight excluding hydrogens is 344 g/mol. The van der Waals surface area contributed by atoms with Gasteiger partial charge in [0.1, 0.15) is 6.04 Å². The van der Waals surface area contributed by atoms with Crippen molar-refractivity contribution in [2.75, 3.05) is 17.3 Å². The van der Waals surface area contributed by atoms with Crippen molar-refractivity contribution in [1.29, 1.82) is 0 Å². The summed E-state index contributed by atoms with van der Waals surface area (Å²) in [5, 5.41) is 14.2. The first-order chi connectivity index (χ1) is 9.45. The number of carbonyl (C=O) groups excluding carboxylic acids is 1. The van der Waals surface area contributed by atoms with Crippen LogP contribution >= 0.6 is 27.7 Å². The van der Waals surface area contributed by atoms with E-state index in [0.717, 1.165) is 10.0 Å². The van der Waals surface area contributed by atoms with E-state index in [1.54, 1.807) is 17.8 Å². The Morgan fingerprint density at radius 1 is 1.45 bits per heavy atom. The zero-order valence-corrected chi connectivity index (χ0v) is 13.7. The monoisotopic (exact) mass is 360 g/mol. The largest absolute Gasteiger partial charge is 0.480 e. The number of carbonyl (C=O) groups is 2. The van der Waals surface area contributed by atoms with Crippen LogP contribution in [0.15, 0.2) is 22.7 Å². The van der Waals surface area contributed by atoms with Crippen LogP contribution in [0, 0.1) is 6.92 Å². The second-order valence-corrected chi connectivity index (χ2v) is 5.99. The van der Waals surface area contributed by atoms with E-state index in [0.29, 0.717) is 17.9 Å². The molecule has 0 heterocycles. The molecule has 0 aliphatic rings. The van der Waals surface area contributed by atoms with Gasteiger partial charge in [-0.25, -0.2) is 9.59 Å². The van der Waals surface area contributed by atoms with Gasteiger partial charge in [0.2, 0.25) is 0 Å². The summed E-state index contributed by atoms with van der Waals surface area (Å²) in [7, 11) is 0. The maximum atomic E-state index is 11.8. The minimum atomic E-state index is -1.03. The third-order valence-electron chi connectivity index (χ3n) is 2.65. The maximum absolute atomic E-state index is 11.8. The molecule has 1 aromatic carbocycles. The summed E-state index contributed by atoms with van der Waals surface area (Å²) >= 11 is 4.92. The molecule has 0 fully saturated rings. The molecule has 5 nitrogen and oxygen atoms in total. The van der Waals surface area contributed by atoms with Crippen molar-refractivity contribution in [2.24, 2.45) is 0 Å². The van der Waals surface area contributed by atoms with Crippen molar-refractivity contribution in [3.8, 4) is 0 Å². The van der Waals surface area contributed by atoms with E-state index in [9.17, 15) is 9.59 Å². The Hall–Kier alpha value is -1.21. The second-order valence-electron chi connectivity index (χ2n) is 4.21. The highest BCUT2D eigenvalue weighted by molar-refractivity contribution is 9.10. The van der Waals surface area contributed by atoms with E-state index in [1.165, 1.54) is 0 Å². The van der Waals surface area contributed by atoms with Gasteiger partial charge in [-0.15, -0.1) is 0 Å². The van der Waals surface area contributed by atoms with Gasteiger partial charge in [0.05, 0.1) is 5.69 Å². The van der Waals surface area contributed by atoms with Crippen LogP contribution in [0.2, 0.25) is 0 Å². The van der Waals surface area contributed by atoms with E-state index in [4.69, 9.17) is 5.11 Å². The van der Waals surface area contributed by atoms with Crippen molar-refractivity contribution in [3.63, 3.8) is 0 Å². The van der Waals surface area contributed by atoms with Gasteiger partial charge in [0, 0.05) is 4.47 Å². The first-order valence-electron chi connectivity index (χ1n) is 6.00. The van der Waals surface area contributed by atoms with Crippen molar-refractivity contribution < 1.29 is 14.7 Å². The fraction of sp³-hybridized carbons (Fsp3) is 0.385. The quantitative estimate of drug-likeness (QED) is 0.728. The molecule has 0 aliphatic carbocycles. The van der Waals surface area contributed by atoms with Gasteiger partial charge < -0.3 is 15.7 Å². The Balaban J connectivity index is 2.66. The Labute approximate surface area is 130 Å². The summed E-state index contributed by atoms with van der Waals surface area (Å²) in [6.45, 7) is 1.91. The van der Waals surface area contributed by atoms with E-state index in [2.05, 4.69) is 26.6 Å². The van der Waals surface area contributed by atoms with E-state index < -0.39 is 18.0 Å². The molecule has 1 aromatic rings. The lowest BCUT2D eigenvalue weighted by molar-refractivity contribution is -0.139. The minimum Gasteiger partial charge on any atom is -0.480 e. The summed E-state index contributed by atoms with van der Waals surface area (Å²) in [5.74, 6) is -0.358. The number of carboxylic acid groups (broad SMARTS) is 1. The molecule has 0 unspecified atom stereocenters. The average molecular weight is 361 g/mol. The van der Waals surface area contributed by atoms with Crippen molar-refractivity contribution >= 4 is 45.4 Å². The van der Waals surface area contributed by atoms with Crippen LogP contribution in [0.25, 0.3) is 0 Å². The van der Waals surface area contributed by atoms with Crippen LogP contribution in [-0.4, -0.2) is 35.2 Å². The van der Waals surface area contributed by atoms with Gasteiger partial charge in [-0.2, -0.15) is 11.8 Å². The lowest BCUT2D eigenvalue weighted by Gasteiger charge is -2.15. The van der Waals surface area contributed by atoms with Gasteiger partial charge >= 0.3 is 12.0 Å². The Morgan fingerprint density at radius 3 is 2.75 bits per heavy atom. The normalized spacial score (nSPS) is 11.8. The molecule has 7 heteroatoms. The number of hydrogen-bond donors (Lipinski definition) is 3. The molecule has 0 bridgehead atoms. The lowest BCUT2D eigenvalue weighted by Crippen LogP contribution is -2.43. The third kappa shape index (κ3) is 5.05. The molecule has 110 valence electrons. The summed E-state index contributed by atoms with van der Waals surface area (Å²) < 4.78 is 0.783. The van der Waals surface area contributed by atoms with Crippen LogP contribution in [-0.2, 0) is 4.79 Å². The minimum absolute atomic E-state index is 0.388. The fourth-order valence-electron chi connectivity index (χ4n) is 1.55. The Morgan fingerprint density at radius 2 is 2.15 bits per heavy atom. The molecule has 0 aromatic heterocycles. The number of anilines is 1. The van der Waals surface area contributed by atoms with Gasteiger partial charge in [0.25, 0.3) is 0 Å². The molecular formula is C13H17BrN2O3S. The number of urea groups is 1. The molecule has 0 radical (unpaired) electrons.